The number of hydrogen-bond donors (Lipinski definition) is 1. The Kier molecular flexibility index (Phi) is 8.07. The molecule has 0 saturated heterocycles. The largest absolute Gasteiger partial charge is 0.328 e. The summed E-state index contributed by atoms with van der Waals surface area (Å²) in [5, 5.41) is 0. The first kappa shape index (κ1) is 14.9. The maximum Gasteiger partial charge on any atom is 0.00925 e. The quantitative estimate of drug-likeness (QED) is 0.673. The van der Waals surface area contributed by atoms with Crippen LogP contribution in [0.2, 0.25) is 0 Å². The minimum absolute atomic E-state index is 0.333. The summed E-state index contributed by atoms with van der Waals surface area (Å²) < 4.78 is 0. The zero-order valence-electron chi connectivity index (χ0n) is 11.3. The molecule has 0 saturated carbocycles. The molecule has 92 valence electrons. The van der Waals surface area contributed by atoms with Crippen LogP contribution >= 0.6 is 0 Å². The zero-order valence-corrected chi connectivity index (χ0v) is 11.3. The summed E-state index contributed by atoms with van der Waals surface area (Å²) in [6.07, 6.45) is 3.81. The third-order valence-electron chi connectivity index (χ3n) is 3.65. The average Bonchev–Trinajstić information content (AvgIpc) is 2.23. The summed E-state index contributed by atoms with van der Waals surface area (Å²) in [5.41, 5.74) is 5.89. The van der Waals surface area contributed by atoms with Crippen molar-refractivity contribution in [3.8, 4) is 0 Å². The molecule has 0 radical (unpaired) electrons. The molecule has 2 N–H and O–H groups in total. The van der Waals surface area contributed by atoms with Crippen molar-refractivity contribution in [3.63, 3.8) is 0 Å². The van der Waals surface area contributed by atoms with Gasteiger partial charge in [-0.25, -0.2) is 0 Å². The average molecular weight is 214 g/mol. The Hall–Kier alpha value is -0.0800. The van der Waals surface area contributed by atoms with Gasteiger partial charge in [0.2, 0.25) is 0 Å². The van der Waals surface area contributed by atoms with Crippen molar-refractivity contribution in [2.45, 2.75) is 66.0 Å². The van der Waals surface area contributed by atoms with E-state index < -0.39 is 0 Å². The first-order valence-corrected chi connectivity index (χ1v) is 6.56. The predicted molar refractivity (Wildman–Crippen MR) is 69.0 cm³/mol. The lowest BCUT2D eigenvalue weighted by Crippen LogP contribution is -2.35. The van der Waals surface area contributed by atoms with Crippen LogP contribution in [0, 0.1) is 5.92 Å². The topological polar surface area (TPSA) is 29.3 Å². The van der Waals surface area contributed by atoms with Crippen LogP contribution in [0.1, 0.15) is 53.9 Å². The molecule has 0 fully saturated rings. The van der Waals surface area contributed by atoms with Crippen molar-refractivity contribution in [1.82, 2.24) is 4.90 Å². The summed E-state index contributed by atoms with van der Waals surface area (Å²) >= 11 is 0. The number of rotatable bonds is 8. The van der Waals surface area contributed by atoms with E-state index in [1.807, 2.05) is 0 Å². The molecule has 15 heavy (non-hydrogen) atoms. The second-order valence-corrected chi connectivity index (χ2v) is 4.70. The molecule has 2 heteroatoms. The van der Waals surface area contributed by atoms with Crippen LogP contribution in [-0.4, -0.2) is 30.1 Å². The fourth-order valence-corrected chi connectivity index (χ4v) is 2.10. The smallest absolute Gasteiger partial charge is 0.00925 e. The molecule has 0 heterocycles. The molecular formula is C13H30N2. The molecule has 0 aliphatic carbocycles. The molecule has 0 aliphatic rings. The van der Waals surface area contributed by atoms with E-state index in [0.717, 1.165) is 6.04 Å². The van der Waals surface area contributed by atoms with E-state index in [9.17, 15) is 0 Å². The lowest BCUT2D eigenvalue weighted by atomic mass is 9.94. The highest BCUT2D eigenvalue weighted by Gasteiger charge is 2.15. The molecule has 0 amide bonds. The van der Waals surface area contributed by atoms with Crippen LogP contribution < -0.4 is 5.73 Å². The zero-order chi connectivity index (χ0) is 11.8. The van der Waals surface area contributed by atoms with Gasteiger partial charge in [-0.15, -0.1) is 0 Å². The van der Waals surface area contributed by atoms with Crippen molar-refractivity contribution >= 4 is 0 Å². The van der Waals surface area contributed by atoms with E-state index in [-0.39, 0.29) is 0 Å². The fraction of sp³-hybridized carbons (Fsp3) is 1.00. The van der Waals surface area contributed by atoms with Crippen molar-refractivity contribution in [3.05, 3.63) is 0 Å². The first-order valence-electron chi connectivity index (χ1n) is 6.56. The van der Waals surface area contributed by atoms with Crippen LogP contribution in [-0.2, 0) is 0 Å². The molecule has 2 nitrogen and oxygen atoms in total. The summed E-state index contributed by atoms with van der Waals surface area (Å²) in [7, 11) is 0. The number of hydrogen-bond acceptors (Lipinski definition) is 2. The third-order valence-corrected chi connectivity index (χ3v) is 3.65. The Labute approximate surface area is 96.2 Å². The lowest BCUT2D eigenvalue weighted by molar-refractivity contribution is 0.189. The molecule has 0 aliphatic heterocycles. The summed E-state index contributed by atoms with van der Waals surface area (Å²) in [6, 6.07) is 1.08. The van der Waals surface area contributed by atoms with Gasteiger partial charge >= 0.3 is 0 Å². The molecule has 0 aromatic rings. The van der Waals surface area contributed by atoms with E-state index in [1.54, 1.807) is 0 Å². The SMILES string of the molecule is CCC(CCC(C)C(C)N)N(CC)CC. The normalized spacial score (nSPS) is 17.8. The highest BCUT2D eigenvalue weighted by atomic mass is 15.1. The van der Waals surface area contributed by atoms with Crippen molar-refractivity contribution in [1.29, 1.82) is 0 Å². The third kappa shape index (κ3) is 5.53. The summed E-state index contributed by atoms with van der Waals surface area (Å²) in [6.45, 7) is 13.5. The van der Waals surface area contributed by atoms with Crippen LogP contribution in [0.15, 0.2) is 0 Å². The van der Waals surface area contributed by atoms with Gasteiger partial charge in [-0.1, -0.05) is 27.7 Å². The molecule has 0 rings (SSSR count). The van der Waals surface area contributed by atoms with Gasteiger partial charge in [0.25, 0.3) is 0 Å². The van der Waals surface area contributed by atoms with E-state index in [2.05, 4.69) is 39.5 Å². The van der Waals surface area contributed by atoms with Gasteiger partial charge in [0.1, 0.15) is 0 Å². The van der Waals surface area contributed by atoms with Crippen molar-refractivity contribution in [2.75, 3.05) is 13.1 Å². The highest BCUT2D eigenvalue weighted by molar-refractivity contribution is 4.72. The van der Waals surface area contributed by atoms with Crippen LogP contribution in [0.3, 0.4) is 0 Å². The molecule has 0 aromatic heterocycles. The van der Waals surface area contributed by atoms with Crippen molar-refractivity contribution in [2.24, 2.45) is 11.7 Å². The van der Waals surface area contributed by atoms with Crippen LogP contribution in [0.4, 0.5) is 0 Å². The predicted octanol–water partition coefficient (Wildman–Crippen LogP) is 2.87. The van der Waals surface area contributed by atoms with E-state index in [0.29, 0.717) is 12.0 Å². The Bertz CT molecular complexity index is 141. The molecule has 3 atom stereocenters. The van der Waals surface area contributed by atoms with E-state index in [1.165, 1.54) is 32.4 Å². The van der Waals surface area contributed by atoms with E-state index in [4.69, 9.17) is 5.73 Å². The van der Waals surface area contributed by atoms with E-state index >= 15 is 0 Å². The number of nitrogens with zero attached hydrogens (tertiary/aromatic N) is 1. The molecule has 0 aromatic carbocycles. The number of nitrogens with two attached hydrogens (primary N) is 1. The van der Waals surface area contributed by atoms with Crippen molar-refractivity contribution < 1.29 is 0 Å². The molecule has 0 spiro atoms. The maximum absolute atomic E-state index is 5.89. The molecule has 3 unspecified atom stereocenters. The highest BCUT2D eigenvalue weighted by Crippen LogP contribution is 2.16. The molecular weight excluding hydrogens is 184 g/mol. The summed E-state index contributed by atoms with van der Waals surface area (Å²) in [5.74, 6) is 0.648. The minimum atomic E-state index is 0.333. The molecule has 0 bridgehead atoms. The monoisotopic (exact) mass is 214 g/mol. The first-order chi connectivity index (χ1) is 7.06. The van der Waals surface area contributed by atoms with Gasteiger partial charge in [-0.2, -0.15) is 0 Å². The Morgan fingerprint density at radius 3 is 1.87 bits per heavy atom. The Morgan fingerprint density at radius 1 is 1.00 bits per heavy atom. The van der Waals surface area contributed by atoms with Crippen LogP contribution in [0.25, 0.3) is 0 Å². The minimum Gasteiger partial charge on any atom is -0.328 e. The van der Waals surface area contributed by atoms with Gasteiger partial charge in [0, 0.05) is 12.1 Å². The van der Waals surface area contributed by atoms with Gasteiger partial charge in [0.15, 0.2) is 0 Å². The maximum atomic E-state index is 5.89. The van der Waals surface area contributed by atoms with Gasteiger partial charge in [-0.05, 0) is 45.2 Å². The van der Waals surface area contributed by atoms with Gasteiger partial charge in [-0.3, -0.25) is 0 Å². The Balaban J connectivity index is 3.98. The van der Waals surface area contributed by atoms with Gasteiger partial charge in [0.05, 0.1) is 0 Å². The second-order valence-electron chi connectivity index (χ2n) is 4.70. The Morgan fingerprint density at radius 2 is 1.53 bits per heavy atom. The van der Waals surface area contributed by atoms with Crippen LogP contribution in [0.5, 0.6) is 0 Å². The fourth-order valence-electron chi connectivity index (χ4n) is 2.10. The summed E-state index contributed by atoms with van der Waals surface area (Å²) in [4.78, 5) is 2.56. The lowest BCUT2D eigenvalue weighted by Gasteiger charge is -2.30. The standard InChI is InChI=1S/C13H30N2/c1-6-13(15(7-2)8-3)10-9-11(4)12(5)14/h11-13H,6-10,14H2,1-5H3. The second kappa shape index (κ2) is 8.12. The van der Waals surface area contributed by atoms with Gasteiger partial charge < -0.3 is 10.6 Å².